The Morgan fingerprint density at radius 1 is 1.12 bits per heavy atom. The lowest BCUT2D eigenvalue weighted by molar-refractivity contribution is -0.137. The van der Waals surface area contributed by atoms with Gasteiger partial charge in [0.2, 0.25) is 16.7 Å². The molecule has 4 aromatic rings. The zero-order valence-electron chi connectivity index (χ0n) is 21.7. The molecule has 1 aliphatic heterocycles. The van der Waals surface area contributed by atoms with Crippen LogP contribution in [0.3, 0.4) is 0 Å². The number of hydrogen-bond donors (Lipinski definition) is 2. The number of nitrogens with zero attached hydrogens (tertiary/aromatic N) is 4. The minimum absolute atomic E-state index is 0.0604. The largest absolute Gasteiger partial charge is 0.418 e. The summed E-state index contributed by atoms with van der Waals surface area (Å²) in [6.45, 7) is 4.28. The number of benzene rings is 2. The SMILES string of the molecule is CCn1c(=O)c(-c2ccc(S(C)=[OH+])cc2Cl)cc2cnc(Nc3ccc(N4CCNCC4)c(C(F)(F)F)c3)nc21. The second kappa shape index (κ2) is 11.2. The van der Waals surface area contributed by atoms with Crippen LogP contribution in [-0.2, 0) is 23.5 Å². The molecule has 1 unspecified atom stereocenters. The van der Waals surface area contributed by atoms with Gasteiger partial charge < -0.3 is 15.5 Å². The van der Waals surface area contributed by atoms with Crippen molar-refractivity contribution in [2.24, 2.45) is 0 Å². The molecular weight excluding hydrogens is 565 g/mol. The van der Waals surface area contributed by atoms with Crippen molar-refractivity contribution in [2.45, 2.75) is 24.5 Å². The molecule has 0 bridgehead atoms. The van der Waals surface area contributed by atoms with E-state index in [1.165, 1.54) is 16.8 Å². The number of hydrogen-bond acceptors (Lipinski definition) is 6. The fraction of sp³-hybridized carbons (Fsp3) is 0.296. The van der Waals surface area contributed by atoms with E-state index in [1.54, 1.807) is 48.4 Å². The summed E-state index contributed by atoms with van der Waals surface area (Å²) in [5.74, 6) is 0.0604. The highest BCUT2D eigenvalue weighted by Crippen LogP contribution is 2.39. The molecule has 1 aliphatic rings. The van der Waals surface area contributed by atoms with Crippen LogP contribution in [0.5, 0.6) is 0 Å². The van der Waals surface area contributed by atoms with Crippen LogP contribution in [0.2, 0.25) is 5.02 Å². The normalized spacial score (nSPS) is 14.9. The molecule has 3 heterocycles. The molecule has 40 heavy (non-hydrogen) atoms. The van der Waals surface area contributed by atoms with E-state index in [0.29, 0.717) is 64.8 Å². The van der Waals surface area contributed by atoms with Crippen molar-refractivity contribution in [1.82, 2.24) is 19.9 Å². The van der Waals surface area contributed by atoms with Gasteiger partial charge in [0.1, 0.15) is 5.65 Å². The van der Waals surface area contributed by atoms with E-state index in [2.05, 4.69) is 20.6 Å². The van der Waals surface area contributed by atoms with Crippen molar-refractivity contribution in [3.63, 3.8) is 0 Å². The van der Waals surface area contributed by atoms with E-state index in [9.17, 15) is 22.2 Å². The zero-order chi connectivity index (χ0) is 28.6. The van der Waals surface area contributed by atoms with Crippen LogP contribution in [-0.4, -0.2) is 51.2 Å². The maximum absolute atomic E-state index is 14.0. The van der Waals surface area contributed by atoms with Crippen LogP contribution >= 0.6 is 11.6 Å². The fourth-order valence-corrected chi connectivity index (χ4v) is 5.66. The Balaban J connectivity index is 1.52. The van der Waals surface area contributed by atoms with E-state index in [-0.39, 0.29) is 22.9 Å². The summed E-state index contributed by atoms with van der Waals surface area (Å²) in [6, 6.07) is 10.8. The predicted molar refractivity (Wildman–Crippen MR) is 153 cm³/mol. The number of aryl methyl sites for hydroxylation is 1. The second-order valence-electron chi connectivity index (χ2n) is 9.29. The van der Waals surface area contributed by atoms with Crippen LogP contribution in [0.15, 0.2) is 58.4 Å². The summed E-state index contributed by atoms with van der Waals surface area (Å²) in [5.41, 5.74) is 0.437. The Morgan fingerprint density at radius 2 is 1.88 bits per heavy atom. The molecule has 0 spiro atoms. The Morgan fingerprint density at radius 3 is 2.52 bits per heavy atom. The molecule has 5 rings (SSSR count). The molecular formula is C27H27ClF3N6O2S+. The lowest BCUT2D eigenvalue weighted by Gasteiger charge is -2.31. The molecule has 0 aliphatic carbocycles. The van der Waals surface area contributed by atoms with Crippen LogP contribution in [0.1, 0.15) is 12.5 Å². The predicted octanol–water partition coefficient (Wildman–Crippen LogP) is 5.20. The smallest absolute Gasteiger partial charge is 0.368 e. The first-order chi connectivity index (χ1) is 19.1. The van der Waals surface area contributed by atoms with Crippen LogP contribution in [0.25, 0.3) is 22.2 Å². The third-order valence-electron chi connectivity index (χ3n) is 6.73. The van der Waals surface area contributed by atoms with Crippen molar-refractivity contribution in [1.29, 1.82) is 0 Å². The molecule has 210 valence electrons. The fourth-order valence-electron chi connectivity index (χ4n) is 4.75. The molecule has 0 radical (unpaired) electrons. The molecule has 0 amide bonds. The van der Waals surface area contributed by atoms with E-state index in [4.69, 9.17) is 11.6 Å². The molecule has 1 saturated heterocycles. The third kappa shape index (κ3) is 5.56. The highest BCUT2D eigenvalue weighted by Gasteiger charge is 2.35. The molecule has 13 heteroatoms. The van der Waals surface area contributed by atoms with Gasteiger partial charge >= 0.3 is 6.18 Å². The quantitative estimate of drug-likeness (QED) is 0.299. The van der Waals surface area contributed by atoms with Crippen molar-refractivity contribution >= 4 is 50.8 Å². The number of alkyl halides is 3. The van der Waals surface area contributed by atoms with Gasteiger partial charge in [-0.1, -0.05) is 17.7 Å². The lowest BCUT2D eigenvalue weighted by Crippen LogP contribution is -2.44. The van der Waals surface area contributed by atoms with Crippen molar-refractivity contribution in [2.75, 3.05) is 42.7 Å². The van der Waals surface area contributed by atoms with E-state index >= 15 is 0 Å². The van der Waals surface area contributed by atoms with E-state index in [0.717, 1.165) is 6.07 Å². The molecule has 8 nitrogen and oxygen atoms in total. The van der Waals surface area contributed by atoms with Gasteiger partial charge in [-0.25, -0.2) is 9.19 Å². The average Bonchev–Trinajstić information content (AvgIpc) is 2.93. The minimum Gasteiger partial charge on any atom is -0.368 e. The Kier molecular flexibility index (Phi) is 7.85. The topological polar surface area (TPSA) is 96.5 Å². The van der Waals surface area contributed by atoms with Crippen molar-refractivity contribution in [3.8, 4) is 11.1 Å². The number of aromatic nitrogens is 3. The number of anilines is 3. The Labute approximate surface area is 235 Å². The Bertz CT molecular complexity index is 1670. The highest BCUT2D eigenvalue weighted by molar-refractivity contribution is 7.84. The number of nitrogens with one attached hydrogen (secondary N) is 2. The number of fused-ring (bicyclic) bond motifs is 1. The zero-order valence-corrected chi connectivity index (χ0v) is 23.3. The number of rotatable bonds is 6. The number of piperazine rings is 1. The molecule has 2 aromatic carbocycles. The first kappa shape index (κ1) is 28.1. The van der Waals surface area contributed by atoms with Crippen molar-refractivity contribution in [3.05, 3.63) is 69.6 Å². The standard InChI is InChI=1S/C27H26ClF3N6O2S/c1-3-37-24-16(12-20(25(37)38)19-6-5-18(40(2)39)14-22(19)28)15-33-26(35-24)34-17-4-7-23(21(13-17)27(29,30)31)36-10-8-32-9-11-36/h4-7,12-15,32H,3,8-11H2,1-2H3,(H,33,34,35)/p+1. The molecule has 1 atom stereocenters. The van der Waals surface area contributed by atoms with Gasteiger partial charge in [0, 0.05) is 71.8 Å². The van der Waals surface area contributed by atoms with Crippen LogP contribution in [0.4, 0.5) is 30.5 Å². The summed E-state index contributed by atoms with van der Waals surface area (Å²) >= 11 is 6.47. The first-order valence-electron chi connectivity index (χ1n) is 12.6. The number of halogens is 4. The average molecular weight is 592 g/mol. The van der Waals surface area contributed by atoms with Gasteiger partial charge in [-0.3, -0.25) is 9.36 Å². The summed E-state index contributed by atoms with van der Waals surface area (Å²) in [4.78, 5) is 24.6. The molecule has 0 saturated carbocycles. The van der Waals surface area contributed by atoms with Gasteiger partial charge in [-0.05, 0) is 43.3 Å². The minimum atomic E-state index is -4.55. The van der Waals surface area contributed by atoms with Gasteiger partial charge in [-0.2, -0.15) is 18.2 Å². The Hall–Kier alpha value is -3.48. The molecule has 3 N–H and O–H groups in total. The maximum Gasteiger partial charge on any atom is 0.418 e. The third-order valence-corrected chi connectivity index (χ3v) is 7.98. The number of pyridine rings is 1. The summed E-state index contributed by atoms with van der Waals surface area (Å²) in [7, 11) is -0.979. The summed E-state index contributed by atoms with van der Waals surface area (Å²) < 4.78 is 53.3. The molecule has 1 fully saturated rings. The highest BCUT2D eigenvalue weighted by atomic mass is 35.5. The van der Waals surface area contributed by atoms with Gasteiger partial charge in [0.25, 0.3) is 5.56 Å². The lowest BCUT2D eigenvalue weighted by atomic mass is 10.1. The summed E-state index contributed by atoms with van der Waals surface area (Å²) in [5, 5.41) is 6.90. The van der Waals surface area contributed by atoms with Gasteiger partial charge in [-0.15, -0.1) is 0 Å². The second-order valence-corrected chi connectivity index (χ2v) is 11.1. The van der Waals surface area contributed by atoms with Gasteiger partial charge in [0.15, 0.2) is 0 Å². The van der Waals surface area contributed by atoms with E-state index < -0.39 is 22.5 Å². The monoisotopic (exact) mass is 591 g/mol. The van der Waals surface area contributed by atoms with Crippen LogP contribution < -0.4 is 21.1 Å². The maximum atomic E-state index is 14.0. The van der Waals surface area contributed by atoms with Crippen LogP contribution in [0, 0.1) is 0 Å². The summed E-state index contributed by atoms with van der Waals surface area (Å²) in [6.07, 6.45) is -1.38. The first-order valence-corrected chi connectivity index (χ1v) is 14.5. The van der Waals surface area contributed by atoms with Gasteiger partial charge in [0.05, 0.1) is 16.7 Å². The van der Waals surface area contributed by atoms with Crippen molar-refractivity contribution < 1.29 is 17.4 Å². The molecule has 2 aromatic heterocycles. The van der Waals surface area contributed by atoms with E-state index in [1.807, 2.05) is 0 Å².